The van der Waals surface area contributed by atoms with Crippen LogP contribution in [0.3, 0.4) is 0 Å². The second-order valence-corrected chi connectivity index (χ2v) is 6.27. The van der Waals surface area contributed by atoms with Crippen molar-refractivity contribution in [2.24, 2.45) is 0 Å². The van der Waals surface area contributed by atoms with Crippen molar-refractivity contribution in [1.82, 2.24) is 4.98 Å². The van der Waals surface area contributed by atoms with E-state index < -0.39 is 5.97 Å². The molecule has 0 bridgehead atoms. The first-order valence-corrected chi connectivity index (χ1v) is 8.45. The fourth-order valence-corrected chi connectivity index (χ4v) is 2.88. The number of halogens is 1. The number of aryl methyl sites for hydroxylation is 1. The number of benzene rings is 1. The van der Waals surface area contributed by atoms with Gasteiger partial charge in [0, 0.05) is 10.2 Å². The number of hydrogen-bond donors (Lipinski definition) is 1. The number of aromatic nitrogens is 1. The number of H-pyrrole nitrogens is 1. The van der Waals surface area contributed by atoms with E-state index in [1.54, 1.807) is 39.0 Å². The fourth-order valence-electron chi connectivity index (χ4n) is 2.50. The summed E-state index contributed by atoms with van der Waals surface area (Å²) in [7, 11) is 0. The highest BCUT2D eigenvalue weighted by atomic mass is 79.9. The fraction of sp³-hybridized carbons (Fsp3) is 0.278. The van der Waals surface area contributed by atoms with Gasteiger partial charge in [0.15, 0.2) is 12.9 Å². The van der Waals surface area contributed by atoms with Gasteiger partial charge in [-0.3, -0.25) is 9.59 Å². The molecule has 1 heterocycles. The van der Waals surface area contributed by atoms with Gasteiger partial charge in [-0.05, 0) is 44.5 Å². The van der Waals surface area contributed by atoms with E-state index in [0.717, 1.165) is 4.47 Å². The lowest BCUT2D eigenvalue weighted by atomic mass is 10.1. The first-order valence-electron chi connectivity index (χ1n) is 7.66. The van der Waals surface area contributed by atoms with Crippen molar-refractivity contribution >= 4 is 34.0 Å². The van der Waals surface area contributed by atoms with E-state index in [-0.39, 0.29) is 19.0 Å². The van der Waals surface area contributed by atoms with E-state index in [1.165, 1.54) is 0 Å². The maximum absolute atomic E-state index is 12.4. The summed E-state index contributed by atoms with van der Waals surface area (Å²) in [6, 6.07) is 4.93. The van der Waals surface area contributed by atoms with Crippen molar-refractivity contribution in [3.05, 3.63) is 50.8 Å². The van der Waals surface area contributed by atoms with E-state index in [4.69, 9.17) is 9.47 Å². The van der Waals surface area contributed by atoms with Crippen LogP contribution in [0.2, 0.25) is 0 Å². The lowest BCUT2D eigenvalue weighted by Gasteiger charge is -2.08. The Labute approximate surface area is 153 Å². The molecule has 1 N–H and O–H groups in total. The molecule has 0 aliphatic rings. The first-order chi connectivity index (χ1) is 11.9. The molecule has 0 radical (unpaired) electrons. The van der Waals surface area contributed by atoms with Gasteiger partial charge in [-0.2, -0.15) is 0 Å². The molecule has 0 aliphatic carbocycles. The molecule has 0 spiro atoms. The van der Waals surface area contributed by atoms with E-state index >= 15 is 0 Å². The third-order valence-electron chi connectivity index (χ3n) is 3.65. The number of esters is 1. The highest BCUT2D eigenvalue weighted by molar-refractivity contribution is 9.10. The third-order valence-corrected chi connectivity index (χ3v) is 4.15. The van der Waals surface area contributed by atoms with Crippen molar-refractivity contribution in [1.29, 1.82) is 0 Å². The molecule has 2 aromatic rings. The maximum Gasteiger partial charge on any atom is 0.340 e. The van der Waals surface area contributed by atoms with Gasteiger partial charge < -0.3 is 14.5 Å². The number of ether oxygens (including phenoxy) is 2. The molecule has 0 saturated carbocycles. The van der Waals surface area contributed by atoms with E-state index in [1.807, 2.05) is 0 Å². The highest BCUT2D eigenvalue weighted by Crippen LogP contribution is 2.23. The highest BCUT2D eigenvalue weighted by Gasteiger charge is 2.23. The van der Waals surface area contributed by atoms with Crippen molar-refractivity contribution in [2.75, 3.05) is 13.2 Å². The molecule has 132 valence electrons. The van der Waals surface area contributed by atoms with E-state index in [0.29, 0.717) is 40.1 Å². The minimum atomic E-state index is -0.468. The minimum Gasteiger partial charge on any atom is -0.485 e. The summed E-state index contributed by atoms with van der Waals surface area (Å²) < 4.78 is 11.2. The summed E-state index contributed by atoms with van der Waals surface area (Å²) in [6.45, 7) is 5.10. The average molecular weight is 408 g/mol. The van der Waals surface area contributed by atoms with Crippen LogP contribution in [0.25, 0.3) is 0 Å². The third kappa shape index (κ3) is 4.17. The van der Waals surface area contributed by atoms with Crippen LogP contribution in [-0.2, 0) is 4.74 Å². The summed E-state index contributed by atoms with van der Waals surface area (Å²) in [4.78, 5) is 38.4. The lowest BCUT2D eigenvalue weighted by molar-refractivity contribution is 0.0525. The molecule has 25 heavy (non-hydrogen) atoms. The Morgan fingerprint density at radius 2 is 2.00 bits per heavy atom. The van der Waals surface area contributed by atoms with E-state index in [9.17, 15) is 14.4 Å². The smallest absolute Gasteiger partial charge is 0.340 e. The van der Waals surface area contributed by atoms with Gasteiger partial charge in [-0.25, -0.2) is 4.79 Å². The van der Waals surface area contributed by atoms with Crippen LogP contribution in [0.15, 0.2) is 22.7 Å². The largest absolute Gasteiger partial charge is 0.485 e. The molecule has 0 unspecified atom stereocenters. The van der Waals surface area contributed by atoms with Crippen LogP contribution in [0, 0.1) is 13.8 Å². The summed E-state index contributed by atoms with van der Waals surface area (Å²) in [5.74, 6) is -0.473. The molecule has 0 atom stereocenters. The van der Waals surface area contributed by atoms with Gasteiger partial charge in [0.2, 0.25) is 5.78 Å². The number of carbonyl (C=O) groups is 3. The Bertz CT molecular complexity index is 825. The number of aldehydes is 1. The van der Waals surface area contributed by atoms with Crippen molar-refractivity contribution in [3.63, 3.8) is 0 Å². The molecule has 0 amide bonds. The number of Topliss-reactive ketones (excluding diaryl/α,β-unsaturated/α-hetero) is 1. The number of hydrogen-bond acceptors (Lipinski definition) is 5. The number of aromatic amines is 1. The molecule has 6 nitrogen and oxygen atoms in total. The molecular weight excluding hydrogens is 390 g/mol. The zero-order valence-electron chi connectivity index (χ0n) is 14.1. The zero-order chi connectivity index (χ0) is 18.6. The zero-order valence-corrected chi connectivity index (χ0v) is 15.7. The molecular formula is C18H18BrNO5. The molecule has 7 heteroatoms. The van der Waals surface area contributed by atoms with Crippen molar-refractivity contribution in [2.45, 2.75) is 20.8 Å². The summed E-state index contributed by atoms with van der Waals surface area (Å²) in [5.41, 5.74) is 2.09. The molecule has 1 aromatic carbocycles. The van der Waals surface area contributed by atoms with Crippen molar-refractivity contribution < 1.29 is 23.9 Å². The Balaban J connectivity index is 2.18. The predicted molar refractivity (Wildman–Crippen MR) is 95.6 cm³/mol. The molecule has 0 fully saturated rings. The second kappa shape index (κ2) is 8.11. The topological polar surface area (TPSA) is 85.5 Å². The average Bonchev–Trinajstić information content (AvgIpc) is 2.88. The maximum atomic E-state index is 12.4. The van der Waals surface area contributed by atoms with Crippen molar-refractivity contribution in [3.8, 4) is 5.75 Å². The SMILES string of the molecule is CCOC(=O)c1c(C)[nH]c(C(=O)COc2ccc(Br)cc2C=O)c1C. The summed E-state index contributed by atoms with van der Waals surface area (Å²) in [6.07, 6.45) is 0.660. The van der Waals surface area contributed by atoms with Crippen LogP contribution in [0.1, 0.15) is 49.4 Å². The van der Waals surface area contributed by atoms with Gasteiger partial charge in [0.1, 0.15) is 5.75 Å². The summed E-state index contributed by atoms with van der Waals surface area (Å²) >= 11 is 3.27. The monoisotopic (exact) mass is 407 g/mol. The Kier molecular flexibility index (Phi) is 6.14. The molecule has 1 aromatic heterocycles. The predicted octanol–water partition coefficient (Wildman–Crippen LogP) is 3.64. The van der Waals surface area contributed by atoms with Gasteiger partial charge in [0.25, 0.3) is 0 Å². The number of ketones is 1. The van der Waals surface area contributed by atoms with Crippen LogP contribution < -0.4 is 4.74 Å². The Hall–Kier alpha value is -2.41. The van der Waals surface area contributed by atoms with Crippen LogP contribution in [-0.4, -0.2) is 36.2 Å². The van der Waals surface area contributed by atoms with Gasteiger partial charge >= 0.3 is 5.97 Å². The Morgan fingerprint density at radius 3 is 2.64 bits per heavy atom. The van der Waals surface area contributed by atoms with Gasteiger partial charge in [0.05, 0.1) is 23.4 Å². The van der Waals surface area contributed by atoms with Crippen LogP contribution >= 0.6 is 15.9 Å². The number of rotatable bonds is 7. The van der Waals surface area contributed by atoms with Crippen LogP contribution in [0.5, 0.6) is 5.75 Å². The minimum absolute atomic E-state index is 0.257. The van der Waals surface area contributed by atoms with Gasteiger partial charge in [-0.1, -0.05) is 15.9 Å². The standard InChI is InChI=1S/C18H18BrNO5/c1-4-24-18(23)16-10(2)17(20-11(16)3)14(22)9-25-15-6-5-13(19)7-12(15)8-21/h5-8,20H,4,9H2,1-3H3. The summed E-state index contributed by atoms with van der Waals surface area (Å²) in [5, 5.41) is 0. The lowest BCUT2D eigenvalue weighted by Crippen LogP contribution is -2.14. The number of carbonyl (C=O) groups excluding carboxylic acids is 3. The Morgan fingerprint density at radius 1 is 1.28 bits per heavy atom. The quantitative estimate of drug-likeness (QED) is 0.430. The van der Waals surface area contributed by atoms with Gasteiger partial charge in [-0.15, -0.1) is 0 Å². The normalized spacial score (nSPS) is 10.4. The molecule has 0 aliphatic heterocycles. The molecule has 2 rings (SSSR count). The van der Waals surface area contributed by atoms with E-state index in [2.05, 4.69) is 20.9 Å². The van der Waals surface area contributed by atoms with Crippen LogP contribution in [0.4, 0.5) is 0 Å². The second-order valence-electron chi connectivity index (χ2n) is 5.36. The number of nitrogens with one attached hydrogen (secondary N) is 1. The molecule has 0 saturated heterocycles. The first kappa shape index (κ1) is 18.9.